The molecular weight excluding hydrogens is 318 g/mol. The second kappa shape index (κ2) is 6.14. The molecule has 1 amide bonds. The summed E-state index contributed by atoms with van der Waals surface area (Å²) in [4.78, 5) is 23.0. The van der Waals surface area contributed by atoms with Crippen LogP contribution in [-0.2, 0) is 14.3 Å². The maximum atomic E-state index is 11.9. The van der Waals surface area contributed by atoms with Crippen molar-refractivity contribution < 1.29 is 24.2 Å². The number of amides is 1. The summed E-state index contributed by atoms with van der Waals surface area (Å²) in [6.45, 7) is 0.978. The number of carboxylic acids is 1. The van der Waals surface area contributed by atoms with E-state index in [0.29, 0.717) is 17.7 Å². The number of rotatable bonds is 3. The number of carboxylic acid groups (broad SMARTS) is 1. The fraction of sp³-hybridized carbons (Fsp3) is 0.333. The van der Waals surface area contributed by atoms with E-state index >= 15 is 0 Å². The Morgan fingerprint density at radius 1 is 1.37 bits per heavy atom. The molecule has 0 radical (unpaired) electrons. The molecule has 1 aliphatic rings. The lowest BCUT2D eigenvalue weighted by Crippen LogP contribution is -2.39. The first-order valence-corrected chi connectivity index (χ1v) is 6.40. The predicted molar refractivity (Wildman–Crippen MR) is 70.3 cm³/mol. The minimum absolute atomic E-state index is 0.0216. The van der Waals surface area contributed by atoms with Crippen molar-refractivity contribution in [1.82, 2.24) is 0 Å². The van der Waals surface area contributed by atoms with Gasteiger partial charge in [0.05, 0.1) is 31.1 Å². The Morgan fingerprint density at radius 3 is 2.79 bits per heavy atom. The van der Waals surface area contributed by atoms with Crippen molar-refractivity contribution in [1.29, 1.82) is 0 Å². The average Bonchev–Trinajstić information content (AvgIpc) is 2.39. The molecule has 102 valence electrons. The van der Waals surface area contributed by atoms with Gasteiger partial charge in [-0.2, -0.15) is 0 Å². The van der Waals surface area contributed by atoms with Crippen molar-refractivity contribution in [2.45, 2.75) is 6.10 Å². The molecule has 1 aliphatic heterocycles. The fourth-order valence-electron chi connectivity index (χ4n) is 1.66. The van der Waals surface area contributed by atoms with Gasteiger partial charge >= 0.3 is 5.97 Å². The largest absolute Gasteiger partial charge is 0.478 e. The minimum atomic E-state index is -1.11. The molecule has 1 heterocycles. The third kappa shape index (κ3) is 3.52. The molecule has 0 aromatic heterocycles. The average molecular weight is 330 g/mol. The number of carbonyl (C=O) groups excluding carboxylic acids is 1. The Bertz CT molecular complexity index is 499. The van der Waals surface area contributed by atoms with E-state index in [-0.39, 0.29) is 17.9 Å². The molecule has 0 spiro atoms. The predicted octanol–water partition coefficient (Wildman–Crippen LogP) is 1.50. The minimum Gasteiger partial charge on any atom is -0.478 e. The second-order valence-electron chi connectivity index (χ2n) is 3.92. The summed E-state index contributed by atoms with van der Waals surface area (Å²) in [6.07, 6.45) is -0.714. The molecule has 1 aromatic rings. The molecule has 2 rings (SSSR count). The second-order valence-corrected chi connectivity index (χ2v) is 4.83. The number of ether oxygens (including phenoxy) is 2. The number of anilines is 1. The van der Waals surface area contributed by atoms with Gasteiger partial charge in [-0.1, -0.05) is 15.9 Å². The van der Waals surface area contributed by atoms with Gasteiger partial charge in [0.1, 0.15) is 0 Å². The van der Waals surface area contributed by atoms with Gasteiger partial charge in [-0.3, -0.25) is 4.79 Å². The van der Waals surface area contributed by atoms with Crippen molar-refractivity contribution in [2.24, 2.45) is 0 Å². The highest BCUT2D eigenvalue weighted by molar-refractivity contribution is 9.10. The van der Waals surface area contributed by atoms with Gasteiger partial charge in [0, 0.05) is 4.47 Å². The van der Waals surface area contributed by atoms with E-state index in [1.807, 2.05) is 0 Å². The van der Waals surface area contributed by atoms with Crippen LogP contribution in [0, 0.1) is 0 Å². The topological polar surface area (TPSA) is 84.9 Å². The van der Waals surface area contributed by atoms with Crippen molar-refractivity contribution in [3.05, 3.63) is 28.2 Å². The van der Waals surface area contributed by atoms with Crippen LogP contribution in [-0.4, -0.2) is 42.9 Å². The van der Waals surface area contributed by atoms with Gasteiger partial charge in [0.2, 0.25) is 0 Å². The van der Waals surface area contributed by atoms with Gasteiger partial charge in [-0.25, -0.2) is 4.79 Å². The van der Waals surface area contributed by atoms with Crippen LogP contribution in [0.1, 0.15) is 10.4 Å². The van der Waals surface area contributed by atoms with E-state index in [4.69, 9.17) is 14.6 Å². The van der Waals surface area contributed by atoms with E-state index in [1.165, 1.54) is 12.1 Å². The molecule has 7 heteroatoms. The van der Waals surface area contributed by atoms with E-state index < -0.39 is 18.0 Å². The van der Waals surface area contributed by atoms with Crippen LogP contribution in [0.15, 0.2) is 22.7 Å². The Hall–Kier alpha value is -1.44. The number of benzene rings is 1. The van der Waals surface area contributed by atoms with E-state index in [2.05, 4.69) is 21.2 Å². The first-order valence-electron chi connectivity index (χ1n) is 5.61. The maximum Gasteiger partial charge on any atom is 0.337 e. The number of halogens is 1. The van der Waals surface area contributed by atoms with Gasteiger partial charge in [-0.05, 0) is 18.2 Å². The standard InChI is InChI=1S/C12H12BrNO5/c13-7-1-2-8(12(16)17)9(5-7)14-11(15)10-6-18-3-4-19-10/h1-2,5,10H,3-4,6H2,(H,14,15)(H,16,17). The van der Waals surface area contributed by atoms with Crippen LogP contribution in [0.3, 0.4) is 0 Å². The summed E-state index contributed by atoms with van der Waals surface area (Å²) in [5, 5.41) is 11.6. The van der Waals surface area contributed by atoms with Gasteiger partial charge in [0.25, 0.3) is 5.91 Å². The van der Waals surface area contributed by atoms with Gasteiger partial charge in [-0.15, -0.1) is 0 Å². The first kappa shape index (κ1) is 14.0. The summed E-state index contributed by atoms with van der Waals surface area (Å²) in [5.41, 5.74) is 0.245. The van der Waals surface area contributed by atoms with Crippen molar-refractivity contribution in [2.75, 3.05) is 25.1 Å². The zero-order chi connectivity index (χ0) is 13.8. The van der Waals surface area contributed by atoms with E-state index in [0.717, 1.165) is 0 Å². The molecule has 1 aromatic carbocycles. The van der Waals surface area contributed by atoms with E-state index in [1.54, 1.807) is 6.07 Å². The van der Waals surface area contributed by atoms with Crippen molar-refractivity contribution in [3.8, 4) is 0 Å². The lowest BCUT2D eigenvalue weighted by atomic mass is 10.1. The molecule has 6 nitrogen and oxygen atoms in total. The number of aromatic carboxylic acids is 1. The molecule has 1 unspecified atom stereocenters. The lowest BCUT2D eigenvalue weighted by molar-refractivity contribution is -0.142. The number of hydrogen-bond acceptors (Lipinski definition) is 4. The Balaban J connectivity index is 2.15. The molecule has 2 N–H and O–H groups in total. The molecule has 1 fully saturated rings. The Morgan fingerprint density at radius 2 is 2.16 bits per heavy atom. The van der Waals surface area contributed by atoms with Crippen molar-refractivity contribution in [3.63, 3.8) is 0 Å². The maximum absolute atomic E-state index is 11.9. The summed E-state index contributed by atoms with van der Waals surface area (Å²) >= 11 is 3.23. The highest BCUT2D eigenvalue weighted by Gasteiger charge is 2.24. The molecule has 19 heavy (non-hydrogen) atoms. The summed E-state index contributed by atoms with van der Waals surface area (Å²) < 4.78 is 11.1. The van der Waals surface area contributed by atoms with Crippen LogP contribution in [0.4, 0.5) is 5.69 Å². The normalized spacial score (nSPS) is 18.9. The highest BCUT2D eigenvalue weighted by atomic mass is 79.9. The highest BCUT2D eigenvalue weighted by Crippen LogP contribution is 2.22. The number of hydrogen-bond donors (Lipinski definition) is 2. The molecule has 0 saturated carbocycles. The fourth-order valence-corrected chi connectivity index (χ4v) is 2.02. The van der Waals surface area contributed by atoms with Crippen LogP contribution < -0.4 is 5.32 Å². The van der Waals surface area contributed by atoms with Gasteiger partial charge < -0.3 is 19.9 Å². The lowest BCUT2D eigenvalue weighted by Gasteiger charge is -2.22. The summed E-state index contributed by atoms with van der Waals surface area (Å²) in [7, 11) is 0. The van der Waals surface area contributed by atoms with E-state index in [9.17, 15) is 9.59 Å². The van der Waals surface area contributed by atoms with Crippen molar-refractivity contribution >= 4 is 33.5 Å². The molecule has 0 aliphatic carbocycles. The van der Waals surface area contributed by atoms with Gasteiger partial charge in [0.15, 0.2) is 6.10 Å². The first-order chi connectivity index (χ1) is 9.08. The van der Waals surface area contributed by atoms with Crippen LogP contribution >= 0.6 is 15.9 Å². The van der Waals surface area contributed by atoms with Crippen LogP contribution in [0.5, 0.6) is 0 Å². The number of nitrogens with one attached hydrogen (secondary N) is 1. The third-order valence-corrected chi connectivity index (χ3v) is 3.07. The Kier molecular flexibility index (Phi) is 4.52. The smallest absolute Gasteiger partial charge is 0.337 e. The monoisotopic (exact) mass is 329 g/mol. The van der Waals surface area contributed by atoms with Crippen LogP contribution in [0.2, 0.25) is 0 Å². The number of carbonyl (C=O) groups is 2. The SMILES string of the molecule is O=C(O)c1ccc(Br)cc1NC(=O)C1COCCO1. The summed E-state index contributed by atoms with van der Waals surface area (Å²) in [6, 6.07) is 4.55. The molecule has 0 bridgehead atoms. The molecule has 1 saturated heterocycles. The molecular formula is C12H12BrNO5. The molecule has 1 atom stereocenters. The zero-order valence-electron chi connectivity index (χ0n) is 9.89. The Labute approximate surface area is 117 Å². The third-order valence-electron chi connectivity index (χ3n) is 2.58. The quantitative estimate of drug-likeness (QED) is 0.877. The van der Waals surface area contributed by atoms with Crippen LogP contribution in [0.25, 0.3) is 0 Å². The summed E-state index contributed by atoms with van der Waals surface area (Å²) in [5.74, 6) is -1.52. The zero-order valence-corrected chi connectivity index (χ0v) is 11.5.